The van der Waals surface area contributed by atoms with Gasteiger partial charge in [0.25, 0.3) is 0 Å². The van der Waals surface area contributed by atoms with E-state index in [9.17, 15) is 17.6 Å². The van der Waals surface area contributed by atoms with E-state index in [1.54, 1.807) is 0 Å². The first-order valence-electron chi connectivity index (χ1n) is 9.94. The van der Waals surface area contributed by atoms with Crippen molar-refractivity contribution in [3.63, 3.8) is 0 Å². The lowest BCUT2D eigenvalue weighted by Crippen LogP contribution is -2.37. The standard InChI is InChI=1S/C24H24ClFN2O3S/c1-16-12-17(2)24(18(3)13-16)27-23(29)15-28(14-19-4-8-21(26)9-5-19)32(30,31)22-10-6-20(25)7-11-22/h4-13H,14-15H2,1-3H3,(H,27,29). The summed E-state index contributed by atoms with van der Waals surface area (Å²) in [4.78, 5) is 12.9. The number of carbonyl (C=O) groups excluding carboxylic acids is 1. The van der Waals surface area contributed by atoms with Crippen LogP contribution in [-0.2, 0) is 21.4 Å². The maximum Gasteiger partial charge on any atom is 0.243 e. The Morgan fingerprint density at radius 2 is 1.53 bits per heavy atom. The molecule has 8 heteroatoms. The van der Waals surface area contributed by atoms with Crippen LogP contribution >= 0.6 is 11.6 Å². The number of hydrogen-bond donors (Lipinski definition) is 1. The third kappa shape index (κ3) is 5.73. The SMILES string of the molecule is Cc1cc(C)c(NC(=O)CN(Cc2ccc(F)cc2)S(=O)(=O)c2ccc(Cl)cc2)c(C)c1. The summed E-state index contributed by atoms with van der Waals surface area (Å²) in [5.41, 5.74) is 4.06. The first-order chi connectivity index (χ1) is 15.1. The highest BCUT2D eigenvalue weighted by Crippen LogP contribution is 2.24. The molecule has 1 amide bonds. The van der Waals surface area contributed by atoms with Crippen LogP contribution in [-0.4, -0.2) is 25.2 Å². The molecule has 0 spiro atoms. The van der Waals surface area contributed by atoms with Crippen molar-refractivity contribution in [2.45, 2.75) is 32.2 Å². The highest BCUT2D eigenvalue weighted by atomic mass is 35.5. The average Bonchev–Trinajstić information content (AvgIpc) is 2.72. The Balaban J connectivity index is 1.90. The van der Waals surface area contributed by atoms with Gasteiger partial charge in [-0.2, -0.15) is 4.31 Å². The second-order valence-corrected chi connectivity index (χ2v) is 10.0. The predicted octanol–water partition coefficient (Wildman–Crippen LogP) is 5.23. The van der Waals surface area contributed by atoms with Gasteiger partial charge in [-0.1, -0.05) is 41.4 Å². The second-order valence-electron chi connectivity index (χ2n) is 7.68. The summed E-state index contributed by atoms with van der Waals surface area (Å²) < 4.78 is 41.0. The van der Waals surface area contributed by atoms with E-state index in [4.69, 9.17) is 11.6 Å². The molecule has 0 heterocycles. The molecule has 3 rings (SSSR count). The molecule has 0 aliphatic carbocycles. The fourth-order valence-corrected chi connectivity index (χ4v) is 5.00. The van der Waals surface area contributed by atoms with Crippen molar-refractivity contribution in [2.24, 2.45) is 0 Å². The molecule has 0 unspecified atom stereocenters. The summed E-state index contributed by atoms with van der Waals surface area (Å²) in [6.45, 7) is 5.24. The van der Waals surface area contributed by atoms with E-state index in [-0.39, 0.29) is 11.4 Å². The Kier molecular flexibility index (Phi) is 7.33. The van der Waals surface area contributed by atoms with Crippen LogP contribution in [0, 0.1) is 26.6 Å². The van der Waals surface area contributed by atoms with Crippen molar-refractivity contribution in [3.05, 3.63) is 93.8 Å². The largest absolute Gasteiger partial charge is 0.324 e. The summed E-state index contributed by atoms with van der Waals surface area (Å²) >= 11 is 5.89. The number of aryl methyl sites for hydroxylation is 3. The van der Waals surface area contributed by atoms with Gasteiger partial charge in [0.2, 0.25) is 15.9 Å². The molecule has 0 aliphatic heterocycles. The molecule has 168 valence electrons. The number of halogens is 2. The van der Waals surface area contributed by atoms with Crippen LogP contribution in [0.15, 0.2) is 65.6 Å². The molecule has 1 N–H and O–H groups in total. The van der Waals surface area contributed by atoms with Gasteiger partial charge in [0.15, 0.2) is 0 Å². The van der Waals surface area contributed by atoms with Crippen LogP contribution in [0.1, 0.15) is 22.3 Å². The molecule has 0 atom stereocenters. The number of hydrogen-bond acceptors (Lipinski definition) is 3. The van der Waals surface area contributed by atoms with E-state index in [1.807, 2.05) is 32.9 Å². The third-order valence-corrected chi connectivity index (χ3v) is 7.04. The quantitative estimate of drug-likeness (QED) is 0.509. The first kappa shape index (κ1) is 23.9. The molecule has 0 fully saturated rings. The lowest BCUT2D eigenvalue weighted by molar-refractivity contribution is -0.116. The number of nitrogens with zero attached hydrogens (tertiary/aromatic N) is 1. The molecule has 32 heavy (non-hydrogen) atoms. The lowest BCUT2D eigenvalue weighted by Gasteiger charge is -2.23. The molecular weight excluding hydrogens is 451 g/mol. The highest BCUT2D eigenvalue weighted by molar-refractivity contribution is 7.89. The third-order valence-electron chi connectivity index (χ3n) is 4.99. The van der Waals surface area contributed by atoms with E-state index >= 15 is 0 Å². The van der Waals surface area contributed by atoms with Crippen molar-refractivity contribution in [2.75, 3.05) is 11.9 Å². The second kappa shape index (κ2) is 9.81. The molecule has 0 bridgehead atoms. The molecule has 0 aromatic heterocycles. The zero-order valence-corrected chi connectivity index (χ0v) is 19.6. The van der Waals surface area contributed by atoms with E-state index in [2.05, 4.69) is 5.32 Å². The van der Waals surface area contributed by atoms with Crippen molar-refractivity contribution >= 4 is 33.2 Å². The maximum atomic E-state index is 13.3. The van der Waals surface area contributed by atoms with Gasteiger partial charge in [-0.25, -0.2) is 12.8 Å². The van der Waals surface area contributed by atoms with Crippen LogP contribution in [0.5, 0.6) is 0 Å². The van der Waals surface area contributed by atoms with Gasteiger partial charge in [0.05, 0.1) is 11.4 Å². The normalized spacial score (nSPS) is 11.6. The summed E-state index contributed by atoms with van der Waals surface area (Å²) in [7, 11) is -4.02. The summed E-state index contributed by atoms with van der Waals surface area (Å²) in [5.74, 6) is -0.899. The summed E-state index contributed by atoms with van der Waals surface area (Å²) in [6, 6.07) is 15.1. The van der Waals surface area contributed by atoms with Gasteiger partial charge in [-0.15, -0.1) is 0 Å². The van der Waals surface area contributed by atoms with Crippen LogP contribution in [0.2, 0.25) is 5.02 Å². The number of sulfonamides is 1. The molecule has 3 aromatic rings. The van der Waals surface area contributed by atoms with Gasteiger partial charge in [0.1, 0.15) is 5.82 Å². The van der Waals surface area contributed by atoms with Crippen molar-refractivity contribution < 1.29 is 17.6 Å². The fourth-order valence-electron chi connectivity index (χ4n) is 3.49. The van der Waals surface area contributed by atoms with E-state index in [0.717, 1.165) is 21.0 Å². The van der Waals surface area contributed by atoms with Gasteiger partial charge in [-0.3, -0.25) is 4.79 Å². The summed E-state index contributed by atoms with van der Waals surface area (Å²) in [5, 5.41) is 3.24. The van der Waals surface area contributed by atoms with Gasteiger partial charge in [-0.05, 0) is 73.9 Å². The number of amides is 1. The maximum absolute atomic E-state index is 13.3. The van der Waals surface area contributed by atoms with Crippen LogP contribution < -0.4 is 5.32 Å². The lowest BCUT2D eigenvalue weighted by atomic mass is 10.1. The molecule has 0 radical (unpaired) electrons. The van der Waals surface area contributed by atoms with E-state index in [1.165, 1.54) is 48.5 Å². The number of benzene rings is 3. The van der Waals surface area contributed by atoms with Crippen LogP contribution in [0.3, 0.4) is 0 Å². The zero-order chi connectivity index (χ0) is 23.5. The van der Waals surface area contributed by atoms with E-state index < -0.39 is 28.3 Å². The highest BCUT2D eigenvalue weighted by Gasteiger charge is 2.27. The minimum absolute atomic E-state index is 0.0134. The average molecular weight is 475 g/mol. The molecule has 0 saturated carbocycles. The Labute approximate surface area is 192 Å². The Morgan fingerprint density at radius 1 is 0.969 bits per heavy atom. The smallest absolute Gasteiger partial charge is 0.243 e. The first-order valence-corrected chi connectivity index (χ1v) is 11.8. The molecule has 0 aliphatic rings. The Morgan fingerprint density at radius 3 is 2.09 bits per heavy atom. The molecule has 0 saturated heterocycles. The van der Waals surface area contributed by atoms with Gasteiger partial charge in [0, 0.05) is 17.3 Å². The van der Waals surface area contributed by atoms with Gasteiger partial charge >= 0.3 is 0 Å². The van der Waals surface area contributed by atoms with Crippen molar-refractivity contribution in [1.82, 2.24) is 4.31 Å². The fraction of sp³-hybridized carbons (Fsp3) is 0.208. The van der Waals surface area contributed by atoms with Crippen LogP contribution in [0.25, 0.3) is 0 Å². The predicted molar refractivity (Wildman–Crippen MR) is 125 cm³/mol. The number of anilines is 1. The topological polar surface area (TPSA) is 66.5 Å². The number of nitrogens with one attached hydrogen (secondary N) is 1. The van der Waals surface area contributed by atoms with Crippen molar-refractivity contribution in [3.8, 4) is 0 Å². The van der Waals surface area contributed by atoms with Crippen LogP contribution in [0.4, 0.5) is 10.1 Å². The minimum Gasteiger partial charge on any atom is -0.324 e. The monoisotopic (exact) mass is 474 g/mol. The molecular formula is C24H24ClFN2O3S. The Hall–Kier alpha value is -2.74. The zero-order valence-electron chi connectivity index (χ0n) is 18.0. The number of rotatable bonds is 7. The van der Waals surface area contributed by atoms with Crippen molar-refractivity contribution in [1.29, 1.82) is 0 Å². The molecule has 3 aromatic carbocycles. The van der Waals surface area contributed by atoms with E-state index in [0.29, 0.717) is 16.3 Å². The number of carbonyl (C=O) groups is 1. The van der Waals surface area contributed by atoms with Gasteiger partial charge < -0.3 is 5.32 Å². The Bertz CT molecular complexity index is 1200. The minimum atomic E-state index is -4.02. The summed E-state index contributed by atoms with van der Waals surface area (Å²) in [6.07, 6.45) is 0. The molecule has 5 nitrogen and oxygen atoms in total.